The number of ether oxygens (including phenoxy) is 2. The molecule has 3 rings (SSSR count). The highest BCUT2D eigenvalue weighted by Gasteiger charge is 2.31. The molecule has 1 aromatic carbocycles. The minimum atomic E-state index is -3.70. The average molecular weight is 462 g/mol. The number of aryl methyl sites for hydroxylation is 1. The van der Waals surface area contributed by atoms with E-state index < -0.39 is 28.6 Å². The molecule has 10 heteroatoms. The van der Waals surface area contributed by atoms with E-state index in [1.807, 2.05) is 25.3 Å². The second-order valence-electron chi connectivity index (χ2n) is 7.75. The molecule has 1 aliphatic rings. The molecule has 32 heavy (non-hydrogen) atoms. The number of nitrogens with zero attached hydrogens (tertiary/aromatic N) is 2. The number of fused-ring (bicyclic) bond motifs is 1. The van der Waals surface area contributed by atoms with Gasteiger partial charge in [-0.25, -0.2) is 13.2 Å². The molecule has 2 heterocycles. The summed E-state index contributed by atoms with van der Waals surface area (Å²) < 4.78 is 39.1. The molecule has 2 aromatic rings. The Morgan fingerprint density at radius 2 is 1.88 bits per heavy atom. The van der Waals surface area contributed by atoms with Gasteiger partial charge >= 0.3 is 5.97 Å². The van der Waals surface area contributed by atoms with Crippen molar-refractivity contribution in [2.45, 2.75) is 44.7 Å². The standard InChI is InChI=1S/C22H27N3O6S/c1-13-10-18(16(4)25(13)14(2)11-30-5)19(26)12-31-22(27)15(3)23-21-17-8-6-7-9-20(17)32(28,29)24-21/h6-10,14-15H,11-12H2,1-5H3,(H,23,24). The summed E-state index contributed by atoms with van der Waals surface area (Å²) in [5, 5.41) is 0. The lowest BCUT2D eigenvalue weighted by Gasteiger charge is -2.17. The van der Waals surface area contributed by atoms with Gasteiger partial charge in [-0.15, -0.1) is 0 Å². The number of hydrogen-bond donors (Lipinski definition) is 1. The maximum atomic E-state index is 12.7. The van der Waals surface area contributed by atoms with Crippen LogP contribution in [0.2, 0.25) is 0 Å². The first-order valence-electron chi connectivity index (χ1n) is 10.1. The van der Waals surface area contributed by atoms with E-state index >= 15 is 0 Å². The number of Topliss-reactive ketones (excluding diaryl/α,β-unsaturated/α-hetero) is 1. The van der Waals surface area contributed by atoms with Gasteiger partial charge in [0.1, 0.15) is 11.9 Å². The van der Waals surface area contributed by atoms with Crippen LogP contribution >= 0.6 is 0 Å². The number of rotatable bonds is 8. The van der Waals surface area contributed by atoms with Gasteiger partial charge in [0.05, 0.1) is 17.5 Å². The second kappa shape index (κ2) is 9.25. The van der Waals surface area contributed by atoms with Gasteiger partial charge in [0.15, 0.2) is 6.61 Å². The molecular formula is C22H27N3O6S. The maximum absolute atomic E-state index is 12.7. The van der Waals surface area contributed by atoms with Gasteiger partial charge in [-0.3, -0.25) is 14.5 Å². The van der Waals surface area contributed by atoms with Crippen molar-refractivity contribution in [1.82, 2.24) is 9.29 Å². The highest BCUT2D eigenvalue weighted by atomic mass is 32.2. The smallest absolute Gasteiger partial charge is 0.331 e. The summed E-state index contributed by atoms with van der Waals surface area (Å²) in [6, 6.07) is 7.18. The fourth-order valence-corrected chi connectivity index (χ4v) is 5.10. The van der Waals surface area contributed by atoms with Crippen LogP contribution in [0.4, 0.5) is 0 Å². The number of carbonyl (C=O) groups excluding carboxylic acids is 2. The zero-order valence-electron chi connectivity index (χ0n) is 18.7. The molecule has 0 aliphatic carbocycles. The molecule has 0 amide bonds. The van der Waals surface area contributed by atoms with E-state index in [-0.39, 0.29) is 22.6 Å². The molecule has 0 saturated carbocycles. The quantitative estimate of drug-likeness (QED) is 0.476. The van der Waals surface area contributed by atoms with Gasteiger partial charge in [0.25, 0.3) is 10.0 Å². The Kier molecular flexibility index (Phi) is 6.85. The Bertz CT molecular complexity index is 1180. The van der Waals surface area contributed by atoms with Crippen LogP contribution in [0.3, 0.4) is 0 Å². The van der Waals surface area contributed by atoms with Crippen LogP contribution in [0, 0.1) is 13.8 Å². The molecule has 0 radical (unpaired) electrons. The highest BCUT2D eigenvalue weighted by molar-refractivity contribution is 7.90. The number of amidine groups is 1. The Labute approximate surface area is 187 Å². The molecule has 0 bridgehead atoms. The number of benzene rings is 1. The largest absolute Gasteiger partial charge is 0.456 e. The van der Waals surface area contributed by atoms with Crippen LogP contribution in [0.1, 0.15) is 47.2 Å². The van der Waals surface area contributed by atoms with Gasteiger partial charge in [-0.05, 0) is 45.9 Å². The summed E-state index contributed by atoms with van der Waals surface area (Å²) >= 11 is 0. The normalized spacial score (nSPS) is 17.5. The first kappa shape index (κ1) is 23.7. The molecule has 2 atom stereocenters. The fourth-order valence-electron chi connectivity index (χ4n) is 3.86. The van der Waals surface area contributed by atoms with Crippen molar-refractivity contribution in [3.05, 3.63) is 52.8 Å². The molecule has 172 valence electrons. The second-order valence-corrected chi connectivity index (χ2v) is 9.40. The van der Waals surface area contributed by atoms with Crippen LogP contribution in [0.15, 0.2) is 40.2 Å². The molecule has 0 spiro atoms. The SMILES string of the molecule is COCC(C)n1c(C)cc(C(=O)COC(=O)C(C)N=C2NS(=O)(=O)c3ccccc32)c1C. The molecule has 0 fully saturated rings. The zero-order chi connectivity index (χ0) is 23.6. The lowest BCUT2D eigenvalue weighted by atomic mass is 10.1. The summed E-state index contributed by atoms with van der Waals surface area (Å²) in [5.41, 5.74) is 2.56. The van der Waals surface area contributed by atoms with Gasteiger partial charge < -0.3 is 14.0 Å². The van der Waals surface area contributed by atoms with E-state index in [2.05, 4.69) is 9.71 Å². The Hall–Kier alpha value is -2.98. The van der Waals surface area contributed by atoms with E-state index in [0.29, 0.717) is 17.7 Å². The first-order valence-corrected chi connectivity index (χ1v) is 11.6. The molecule has 0 saturated heterocycles. The molecule has 9 nitrogen and oxygen atoms in total. The Balaban J connectivity index is 1.68. The lowest BCUT2D eigenvalue weighted by Crippen LogP contribution is -2.27. The van der Waals surface area contributed by atoms with Crippen LogP contribution in [0.25, 0.3) is 0 Å². The van der Waals surface area contributed by atoms with Crippen molar-refractivity contribution in [3.8, 4) is 0 Å². The predicted molar refractivity (Wildman–Crippen MR) is 119 cm³/mol. The predicted octanol–water partition coefficient (Wildman–Crippen LogP) is 2.17. The minimum Gasteiger partial charge on any atom is -0.456 e. The molecule has 1 aromatic heterocycles. The van der Waals surface area contributed by atoms with Crippen molar-refractivity contribution in [3.63, 3.8) is 0 Å². The van der Waals surface area contributed by atoms with E-state index in [4.69, 9.17) is 9.47 Å². The summed E-state index contributed by atoms with van der Waals surface area (Å²) in [4.78, 5) is 29.4. The van der Waals surface area contributed by atoms with Crippen LogP contribution in [-0.2, 0) is 24.3 Å². The van der Waals surface area contributed by atoms with Gasteiger partial charge in [0, 0.05) is 29.6 Å². The van der Waals surface area contributed by atoms with Gasteiger partial charge in [-0.1, -0.05) is 12.1 Å². The van der Waals surface area contributed by atoms with Crippen LogP contribution < -0.4 is 4.72 Å². The number of nitrogens with one attached hydrogen (secondary N) is 1. The van der Waals surface area contributed by atoms with E-state index in [0.717, 1.165) is 11.4 Å². The van der Waals surface area contributed by atoms with E-state index in [9.17, 15) is 18.0 Å². The van der Waals surface area contributed by atoms with Crippen LogP contribution in [0.5, 0.6) is 0 Å². The number of esters is 1. The minimum absolute atomic E-state index is 0.0537. The molecule has 2 unspecified atom stereocenters. The number of ketones is 1. The Morgan fingerprint density at radius 3 is 2.56 bits per heavy atom. The zero-order valence-corrected chi connectivity index (χ0v) is 19.5. The third kappa shape index (κ3) is 4.61. The molecule has 1 aliphatic heterocycles. The highest BCUT2D eigenvalue weighted by Crippen LogP contribution is 2.23. The van der Waals surface area contributed by atoms with Crippen molar-refractivity contribution in [2.24, 2.45) is 4.99 Å². The van der Waals surface area contributed by atoms with Crippen LogP contribution in [-0.4, -0.2) is 56.9 Å². The summed E-state index contributed by atoms with van der Waals surface area (Å²) in [5.74, 6) is -0.975. The molecule has 1 N–H and O–H groups in total. The fraction of sp³-hybridized carbons (Fsp3) is 0.409. The van der Waals surface area contributed by atoms with Crippen molar-refractivity contribution in [1.29, 1.82) is 0 Å². The van der Waals surface area contributed by atoms with Gasteiger partial charge in [0.2, 0.25) is 5.78 Å². The van der Waals surface area contributed by atoms with Crippen molar-refractivity contribution >= 4 is 27.6 Å². The summed E-state index contributed by atoms with van der Waals surface area (Å²) in [7, 11) is -2.08. The maximum Gasteiger partial charge on any atom is 0.331 e. The third-order valence-corrected chi connectivity index (χ3v) is 6.70. The number of aliphatic imine (C=N–C) groups is 1. The van der Waals surface area contributed by atoms with Crippen molar-refractivity contribution in [2.75, 3.05) is 20.3 Å². The monoisotopic (exact) mass is 461 g/mol. The Morgan fingerprint density at radius 1 is 1.19 bits per heavy atom. The number of hydrogen-bond acceptors (Lipinski definition) is 7. The lowest BCUT2D eigenvalue weighted by molar-refractivity contribution is -0.143. The number of methoxy groups -OCH3 is 1. The number of sulfonamides is 1. The van der Waals surface area contributed by atoms with Crippen molar-refractivity contribution < 1.29 is 27.5 Å². The summed E-state index contributed by atoms with van der Waals surface area (Å²) in [6.07, 6.45) is 0. The number of aromatic nitrogens is 1. The third-order valence-electron chi connectivity index (χ3n) is 5.31. The van der Waals surface area contributed by atoms with E-state index in [1.165, 1.54) is 13.0 Å². The summed E-state index contributed by atoms with van der Waals surface area (Å²) in [6.45, 7) is 7.29. The average Bonchev–Trinajstić information content (AvgIpc) is 3.18. The molecular weight excluding hydrogens is 434 g/mol. The van der Waals surface area contributed by atoms with E-state index in [1.54, 1.807) is 31.4 Å². The topological polar surface area (TPSA) is 116 Å². The number of carbonyl (C=O) groups is 2. The van der Waals surface area contributed by atoms with Gasteiger partial charge in [-0.2, -0.15) is 0 Å². The first-order chi connectivity index (χ1) is 15.1.